The number of aromatic nitrogens is 5. The van der Waals surface area contributed by atoms with Crippen molar-refractivity contribution in [1.82, 2.24) is 25.0 Å². The maximum absolute atomic E-state index is 12.1. The molecule has 0 radical (unpaired) electrons. The van der Waals surface area contributed by atoms with Crippen molar-refractivity contribution in [2.24, 2.45) is 0 Å². The Morgan fingerprint density at radius 2 is 2.00 bits per heavy atom. The second kappa shape index (κ2) is 3.77. The van der Waals surface area contributed by atoms with Gasteiger partial charge in [0.1, 0.15) is 5.76 Å². The molecule has 0 atom stereocenters. The molecule has 0 saturated heterocycles. The molecule has 4 rings (SSSR count). The van der Waals surface area contributed by atoms with Crippen LogP contribution in [0.1, 0.15) is 5.76 Å². The number of hydrogen-bond donors (Lipinski definition) is 1. The Balaban J connectivity index is 2.14. The first-order chi connectivity index (χ1) is 9.74. The molecule has 7 heteroatoms. The van der Waals surface area contributed by atoms with Crippen LogP contribution in [0.5, 0.6) is 0 Å². The van der Waals surface area contributed by atoms with Crippen molar-refractivity contribution in [3.63, 3.8) is 0 Å². The molecule has 0 aliphatic heterocycles. The summed E-state index contributed by atoms with van der Waals surface area (Å²) in [7, 11) is 0. The molecule has 0 bridgehead atoms. The molecule has 0 saturated carbocycles. The van der Waals surface area contributed by atoms with Crippen LogP contribution in [0.2, 0.25) is 0 Å². The van der Waals surface area contributed by atoms with E-state index in [1.54, 1.807) is 19.1 Å². The number of nitrogens with zero attached hydrogens (tertiary/aromatic N) is 4. The van der Waals surface area contributed by atoms with Gasteiger partial charge in [0, 0.05) is 11.5 Å². The zero-order valence-corrected chi connectivity index (χ0v) is 10.5. The lowest BCUT2D eigenvalue weighted by Gasteiger charge is -2.00. The smallest absolute Gasteiger partial charge is 0.270 e. The van der Waals surface area contributed by atoms with E-state index in [9.17, 15) is 4.79 Å². The molecule has 3 aromatic heterocycles. The second-order valence-electron chi connectivity index (χ2n) is 4.49. The van der Waals surface area contributed by atoms with Gasteiger partial charge in [-0.1, -0.05) is 23.4 Å². The predicted molar refractivity (Wildman–Crippen MR) is 71.3 cm³/mol. The molecule has 0 spiro atoms. The quantitative estimate of drug-likeness (QED) is 0.565. The normalized spacial score (nSPS) is 11.4. The lowest BCUT2D eigenvalue weighted by molar-refractivity contribution is 0.399. The standard InChI is InChI=1S/C13H9N5O2/c1-7-6-10(17-20-7)12-15-14-11-8-4-2-3-5-9(8)13(19)16-18(11)12/h2-6H,1H3,(H,16,19). The second-order valence-corrected chi connectivity index (χ2v) is 4.49. The maximum Gasteiger partial charge on any atom is 0.270 e. The SMILES string of the molecule is Cc1cc(-c2nnc3c4ccccc4c(=O)[nH]n23)no1. The fourth-order valence-electron chi connectivity index (χ4n) is 2.24. The number of aryl methyl sites for hydroxylation is 1. The topological polar surface area (TPSA) is 89.1 Å². The highest BCUT2D eigenvalue weighted by Gasteiger charge is 2.15. The number of H-pyrrole nitrogens is 1. The van der Waals surface area contributed by atoms with Crippen molar-refractivity contribution in [2.45, 2.75) is 6.92 Å². The summed E-state index contributed by atoms with van der Waals surface area (Å²) >= 11 is 0. The summed E-state index contributed by atoms with van der Waals surface area (Å²) in [6, 6.07) is 9.00. The Morgan fingerprint density at radius 1 is 1.20 bits per heavy atom. The Hall–Kier alpha value is -2.96. The molecule has 0 aliphatic rings. The van der Waals surface area contributed by atoms with E-state index in [4.69, 9.17) is 4.52 Å². The van der Waals surface area contributed by atoms with E-state index >= 15 is 0 Å². The van der Waals surface area contributed by atoms with Crippen LogP contribution in [0.25, 0.3) is 27.9 Å². The zero-order chi connectivity index (χ0) is 13.7. The van der Waals surface area contributed by atoms with E-state index in [2.05, 4.69) is 20.5 Å². The van der Waals surface area contributed by atoms with Gasteiger partial charge in [0.2, 0.25) is 5.82 Å². The average Bonchev–Trinajstić information content (AvgIpc) is 3.05. The Bertz CT molecular complexity index is 995. The van der Waals surface area contributed by atoms with Crippen LogP contribution in [0.3, 0.4) is 0 Å². The summed E-state index contributed by atoms with van der Waals surface area (Å²) in [5, 5.41) is 16.2. The van der Waals surface area contributed by atoms with Gasteiger partial charge < -0.3 is 4.52 Å². The summed E-state index contributed by atoms with van der Waals surface area (Å²) in [4.78, 5) is 12.1. The molecular weight excluding hydrogens is 258 g/mol. The van der Waals surface area contributed by atoms with E-state index < -0.39 is 0 Å². The van der Waals surface area contributed by atoms with Crippen molar-refractivity contribution in [3.05, 3.63) is 46.4 Å². The third kappa shape index (κ3) is 1.40. The van der Waals surface area contributed by atoms with Gasteiger partial charge in [-0.3, -0.25) is 9.89 Å². The number of aromatic amines is 1. The van der Waals surface area contributed by atoms with Crippen LogP contribution in [0.4, 0.5) is 0 Å². The lowest BCUT2D eigenvalue weighted by Crippen LogP contribution is -2.12. The minimum absolute atomic E-state index is 0.200. The van der Waals surface area contributed by atoms with Gasteiger partial charge in [-0.05, 0) is 13.0 Å². The van der Waals surface area contributed by atoms with Crippen molar-refractivity contribution in [2.75, 3.05) is 0 Å². The first-order valence-electron chi connectivity index (χ1n) is 6.04. The third-order valence-corrected chi connectivity index (χ3v) is 3.15. The van der Waals surface area contributed by atoms with Gasteiger partial charge in [-0.25, -0.2) is 4.52 Å². The van der Waals surface area contributed by atoms with Crippen molar-refractivity contribution in [1.29, 1.82) is 0 Å². The summed E-state index contributed by atoms with van der Waals surface area (Å²) in [5.74, 6) is 1.11. The fourth-order valence-corrected chi connectivity index (χ4v) is 2.24. The molecule has 3 heterocycles. The van der Waals surface area contributed by atoms with Gasteiger partial charge in [0.05, 0.1) is 5.39 Å². The van der Waals surface area contributed by atoms with Crippen LogP contribution >= 0.6 is 0 Å². The molecule has 98 valence electrons. The highest BCUT2D eigenvalue weighted by atomic mass is 16.5. The Labute approximate surface area is 111 Å². The van der Waals surface area contributed by atoms with Gasteiger partial charge in [0.15, 0.2) is 11.3 Å². The van der Waals surface area contributed by atoms with E-state index in [1.807, 2.05) is 18.2 Å². The average molecular weight is 267 g/mol. The number of benzene rings is 1. The third-order valence-electron chi connectivity index (χ3n) is 3.15. The van der Waals surface area contributed by atoms with Gasteiger partial charge >= 0.3 is 0 Å². The number of hydrogen-bond acceptors (Lipinski definition) is 5. The molecule has 0 aliphatic carbocycles. The van der Waals surface area contributed by atoms with E-state index in [0.29, 0.717) is 28.3 Å². The molecule has 20 heavy (non-hydrogen) atoms. The monoisotopic (exact) mass is 267 g/mol. The highest BCUT2D eigenvalue weighted by Crippen LogP contribution is 2.20. The van der Waals surface area contributed by atoms with Crippen molar-refractivity contribution >= 4 is 16.4 Å². The van der Waals surface area contributed by atoms with Crippen LogP contribution in [-0.4, -0.2) is 25.0 Å². The molecule has 7 nitrogen and oxygen atoms in total. The Kier molecular flexibility index (Phi) is 2.06. The molecule has 1 N–H and O–H groups in total. The number of rotatable bonds is 1. The first kappa shape index (κ1) is 10.9. The Morgan fingerprint density at radius 3 is 2.75 bits per heavy atom. The molecule has 0 amide bonds. The van der Waals surface area contributed by atoms with Crippen LogP contribution in [-0.2, 0) is 0 Å². The molecule has 0 fully saturated rings. The maximum atomic E-state index is 12.1. The van der Waals surface area contributed by atoms with Gasteiger partial charge in [0.25, 0.3) is 5.56 Å². The number of fused-ring (bicyclic) bond motifs is 3. The van der Waals surface area contributed by atoms with Gasteiger partial charge in [-0.2, -0.15) is 0 Å². The molecule has 1 aromatic carbocycles. The van der Waals surface area contributed by atoms with E-state index in [0.717, 1.165) is 5.39 Å². The summed E-state index contributed by atoms with van der Waals surface area (Å²) < 4.78 is 6.56. The van der Waals surface area contributed by atoms with E-state index in [-0.39, 0.29) is 5.56 Å². The zero-order valence-electron chi connectivity index (χ0n) is 10.5. The predicted octanol–water partition coefficient (Wildman–Crippen LogP) is 1.53. The lowest BCUT2D eigenvalue weighted by atomic mass is 10.2. The summed E-state index contributed by atoms with van der Waals surface area (Å²) in [6.45, 7) is 1.79. The largest absolute Gasteiger partial charge is 0.361 e. The fraction of sp³-hybridized carbons (Fsp3) is 0.0769. The van der Waals surface area contributed by atoms with Crippen molar-refractivity contribution < 1.29 is 4.52 Å². The minimum atomic E-state index is -0.200. The summed E-state index contributed by atoms with van der Waals surface area (Å²) in [5.41, 5.74) is 0.908. The number of nitrogens with one attached hydrogen (secondary N) is 1. The van der Waals surface area contributed by atoms with Crippen LogP contribution in [0, 0.1) is 6.92 Å². The minimum Gasteiger partial charge on any atom is -0.361 e. The van der Waals surface area contributed by atoms with E-state index in [1.165, 1.54) is 4.52 Å². The van der Waals surface area contributed by atoms with Gasteiger partial charge in [-0.15, -0.1) is 10.2 Å². The first-order valence-corrected chi connectivity index (χ1v) is 6.04. The summed E-state index contributed by atoms with van der Waals surface area (Å²) in [6.07, 6.45) is 0. The molecule has 4 aromatic rings. The van der Waals surface area contributed by atoms with Crippen LogP contribution < -0.4 is 5.56 Å². The van der Waals surface area contributed by atoms with Crippen molar-refractivity contribution in [3.8, 4) is 11.5 Å². The highest BCUT2D eigenvalue weighted by molar-refractivity contribution is 5.93. The molecular formula is C13H9N5O2. The molecule has 0 unspecified atom stereocenters. The van der Waals surface area contributed by atoms with Crippen LogP contribution in [0.15, 0.2) is 39.6 Å².